The normalized spacial score (nSPS) is 20.3. The molecule has 0 aromatic heterocycles. The molecule has 0 aliphatic heterocycles. The van der Waals surface area contributed by atoms with Crippen molar-refractivity contribution in [2.75, 3.05) is 0 Å². The Balaban J connectivity index is 1.79. The van der Waals surface area contributed by atoms with Gasteiger partial charge in [0.2, 0.25) is 0 Å². The lowest BCUT2D eigenvalue weighted by atomic mass is 9.78. The molecule has 0 heterocycles. The first-order chi connectivity index (χ1) is 15.7. The van der Waals surface area contributed by atoms with Gasteiger partial charge in [0, 0.05) is 0 Å². The minimum Gasteiger partial charge on any atom is -0.354 e. The van der Waals surface area contributed by atoms with E-state index in [4.69, 9.17) is 4.74 Å². The Kier molecular flexibility index (Phi) is 8.20. The first-order valence-corrected chi connectivity index (χ1v) is 13.1. The third-order valence-corrected chi connectivity index (χ3v) is 7.27. The molecular formula is C30H33IO. The molecule has 0 N–H and O–H groups in total. The summed E-state index contributed by atoms with van der Waals surface area (Å²) in [5.74, 6) is 1.59. The summed E-state index contributed by atoms with van der Waals surface area (Å²) in [6, 6.07) is 32.1. The zero-order valence-electron chi connectivity index (χ0n) is 18.9. The van der Waals surface area contributed by atoms with Crippen molar-refractivity contribution in [1.82, 2.24) is 0 Å². The van der Waals surface area contributed by atoms with Gasteiger partial charge >= 0.3 is 0 Å². The molecule has 1 aliphatic rings. The van der Waals surface area contributed by atoms with Crippen LogP contribution in [0, 0.1) is 11.8 Å². The molecule has 0 bridgehead atoms. The highest BCUT2D eigenvalue weighted by Crippen LogP contribution is 2.43. The first-order valence-electron chi connectivity index (χ1n) is 11.8. The zero-order chi connectivity index (χ0) is 22.2. The zero-order valence-corrected chi connectivity index (χ0v) is 21.0. The van der Waals surface area contributed by atoms with E-state index < -0.39 is 5.60 Å². The van der Waals surface area contributed by atoms with E-state index in [0.29, 0.717) is 0 Å². The number of rotatable bonds is 8. The average molecular weight is 536 g/mol. The van der Waals surface area contributed by atoms with Crippen LogP contribution in [0.25, 0.3) is 0 Å². The van der Waals surface area contributed by atoms with Crippen LogP contribution < -0.4 is 0 Å². The van der Waals surface area contributed by atoms with Crippen LogP contribution in [0.2, 0.25) is 0 Å². The van der Waals surface area contributed by atoms with Gasteiger partial charge in [-0.05, 0) is 45.1 Å². The number of halogens is 1. The topological polar surface area (TPSA) is 9.23 Å². The maximum absolute atomic E-state index is 7.27. The number of hydrogen-bond acceptors (Lipinski definition) is 1. The molecule has 1 atom stereocenters. The van der Waals surface area contributed by atoms with Crippen molar-refractivity contribution < 1.29 is 4.74 Å². The molecule has 1 fully saturated rings. The SMILES string of the molecule is CC1CCC(CC(/C=C/I)OC(c2ccccc2)(c2ccccc2)c2ccccc2)CC1. The molecule has 3 aromatic rings. The minimum absolute atomic E-state index is 0.0472. The molecule has 32 heavy (non-hydrogen) atoms. The van der Waals surface area contributed by atoms with E-state index in [1.54, 1.807) is 0 Å². The molecule has 3 aromatic carbocycles. The van der Waals surface area contributed by atoms with E-state index in [1.165, 1.54) is 42.4 Å². The van der Waals surface area contributed by atoms with Gasteiger partial charge in [-0.1, -0.05) is 146 Å². The second kappa shape index (κ2) is 11.3. The number of benzene rings is 3. The van der Waals surface area contributed by atoms with E-state index in [2.05, 4.69) is 131 Å². The van der Waals surface area contributed by atoms with Crippen molar-refractivity contribution in [1.29, 1.82) is 0 Å². The van der Waals surface area contributed by atoms with Crippen LogP contribution in [0.5, 0.6) is 0 Å². The van der Waals surface area contributed by atoms with Gasteiger partial charge < -0.3 is 4.74 Å². The van der Waals surface area contributed by atoms with Crippen molar-refractivity contribution >= 4 is 22.6 Å². The van der Waals surface area contributed by atoms with Crippen LogP contribution >= 0.6 is 22.6 Å². The predicted molar refractivity (Wildman–Crippen MR) is 143 cm³/mol. The predicted octanol–water partition coefficient (Wildman–Crippen LogP) is 8.53. The standard InChI is InChI=1S/C30H33IO/c1-24-17-19-25(20-18-24)23-29(21-22-31)32-30(26-11-5-2-6-12-26,27-13-7-3-8-14-27)28-15-9-4-10-16-28/h2-16,21-22,24-25,29H,17-20,23H2,1H3/b22-21+. The fourth-order valence-electron chi connectivity index (χ4n) is 5.09. The maximum Gasteiger partial charge on any atom is 0.144 e. The highest BCUT2D eigenvalue weighted by Gasteiger charge is 2.39. The second-order valence-electron chi connectivity index (χ2n) is 9.12. The average Bonchev–Trinajstić information content (AvgIpc) is 2.85. The minimum atomic E-state index is -0.660. The Morgan fingerprint density at radius 2 is 1.22 bits per heavy atom. The molecule has 0 spiro atoms. The lowest BCUT2D eigenvalue weighted by molar-refractivity contribution is -0.0365. The third-order valence-electron chi connectivity index (χ3n) is 6.86. The quantitative estimate of drug-likeness (QED) is 0.207. The molecule has 0 radical (unpaired) electrons. The third kappa shape index (κ3) is 5.35. The Morgan fingerprint density at radius 1 is 0.781 bits per heavy atom. The molecule has 1 unspecified atom stereocenters. The van der Waals surface area contributed by atoms with Crippen molar-refractivity contribution in [2.24, 2.45) is 11.8 Å². The summed E-state index contributed by atoms with van der Waals surface area (Å²) < 4.78 is 9.40. The van der Waals surface area contributed by atoms with Crippen molar-refractivity contribution in [3.05, 3.63) is 118 Å². The van der Waals surface area contributed by atoms with E-state index >= 15 is 0 Å². The van der Waals surface area contributed by atoms with E-state index in [9.17, 15) is 0 Å². The molecule has 1 saturated carbocycles. The fourth-order valence-corrected chi connectivity index (χ4v) is 5.55. The van der Waals surface area contributed by atoms with Gasteiger partial charge in [-0.15, -0.1) is 0 Å². The Labute approximate surface area is 207 Å². The van der Waals surface area contributed by atoms with Crippen LogP contribution in [0.15, 0.2) is 101 Å². The summed E-state index contributed by atoms with van der Waals surface area (Å²) in [6.45, 7) is 2.39. The fraction of sp³-hybridized carbons (Fsp3) is 0.333. The number of ether oxygens (including phenoxy) is 1. The largest absolute Gasteiger partial charge is 0.354 e. The monoisotopic (exact) mass is 536 g/mol. The second-order valence-corrected chi connectivity index (χ2v) is 9.83. The van der Waals surface area contributed by atoms with Gasteiger partial charge in [0.15, 0.2) is 0 Å². The molecule has 0 saturated heterocycles. The van der Waals surface area contributed by atoms with Gasteiger partial charge in [0.25, 0.3) is 0 Å². The molecule has 4 rings (SSSR count). The Hall–Kier alpha value is -1.91. The van der Waals surface area contributed by atoms with Crippen molar-refractivity contribution in [3.8, 4) is 0 Å². The van der Waals surface area contributed by atoms with Gasteiger partial charge in [0.05, 0.1) is 6.10 Å². The van der Waals surface area contributed by atoms with E-state index in [-0.39, 0.29) is 6.10 Å². The summed E-state index contributed by atoms with van der Waals surface area (Å²) in [4.78, 5) is 0. The highest BCUT2D eigenvalue weighted by atomic mass is 127. The molecule has 166 valence electrons. The van der Waals surface area contributed by atoms with Crippen LogP contribution in [0.3, 0.4) is 0 Å². The van der Waals surface area contributed by atoms with Gasteiger partial charge in [-0.2, -0.15) is 0 Å². The Morgan fingerprint density at radius 3 is 1.62 bits per heavy atom. The van der Waals surface area contributed by atoms with Gasteiger partial charge in [0.1, 0.15) is 5.60 Å². The van der Waals surface area contributed by atoms with Crippen LogP contribution in [0.1, 0.15) is 55.7 Å². The summed E-state index contributed by atoms with van der Waals surface area (Å²) in [5, 5.41) is 0. The summed E-state index contributed by atoms with van der Waals surface area (Å²) in [5.41, 5.74) is 2.84. The van der Waals surface area contributed by atoms with Crippen LogP contribution in [-0.2, 0) is 10.3 Å². The highest BCUT2D eigenvalue weighted by molar-refractivity contribution is 14.1. The number of hydrogen-bond donors (Lipinski definition) is 0. The molecule has 0 amide bonds. The van der Waals surface area contributed by atoms with Gasteiger partial charge in [-0.25, -0.2) is 0 Å². The van der Waals surface area contributed by atoms with Gasteiger partial charge in [-0.3, -0.25) is 0 Å². The molecule has 1 nitrogen and oxygen atoms in total. The smallest absolute Gasteiger partial charge is 0.144 e. The molecule has 1 aliphatic carbocycles. The summed E-state index contributed by atoms with van der Waals surface area (Å²) >= 11 is 2.34. The summed E-state index contributed by atoms with van der Waals surface area (Å²) in [7, 11) is 0. The Bertz CT molecular complexity index is 863. The van der Waals surface area contributed by atoms with Crippen molar-refractivity contribution in [3.63, 3.8) is 0 Å². The molecule has 2 heteroatoms. The van der Waals surface area contributed by atoms with Crippen molar-refractivity contribution in [2.45, 2.75) is 50.7 Å². The molecular weight excluding hydrogens is 503 g/mol. The lowest BCUT2D eigenvalue weighted by Gasteiger charge is -2.39. The summed E-state index contributed by atoms with van der Waals surface area (Å²) in [6.07, 6.45) is 8.67. The van der Waals surface area contributed by atoms with Crippen LogP contribution in [-0.4, -0.2) is 6.10 Å². The first kappa shape index (κ1) is 23.3. The van der Waals surface area contributed by atoms with E-state index in [0.717, 1.165) is 18.3 Å². The van der Waals surface area contributed by atoms with Crippen LogP contribution in [0.4, 0.5) is 0 Å². The lowest BCUT2D eigenvalue weighted by Crippen LogP contribution is -2.37. The maximum atomic E-state index is 7.27. The van der Waals surface area contributed by atoms with E-state index in [1.807, 2.05) is 0 Å².